The van der Waals surface area contributed by atoms with Crippen LogP contribution in [0.4, 0.5) is 5.82 Å². The van der Waals surface area contributed by atoms with Crippen molar-refractivity contribution in [3.05, 3.63) is 48.2 Å². The number of hydrogen-bond acceptors (Lipinski definition) is 6. The molecule has 1 unspecified atom stereocenters. The summed E-state index contributed by atoms with van der Waals surface area (Å²) in [6, 6.07) is 10.6. The van der Waals surface area contributed by atoms with E-state index in [2.05, 4.69) is 10.1 Å². The van der Waals surface area contributed by atoms with Crippen molar-refractivity contribution >= 4 is 37.1 Å². The molecule has 0 saturated carbocycles. The van der Waals surface area contributed by atoms with Gasteiger partial charge in [-0.2, -0.15) is 5.10 Å². The zero-order valence-electron chi connectivity index (χ0n) is 13.6. The number of ketones is 1. The van der Waals surface area contributed by atoms with Gasteiger partial charge in [-0.1, -0.05) is 23.7 Å². The SMILES string of the molecule is Bc1ccc(OCC(=O)O)c(C(=O)C2C=NN(c3ccccn3)C2)c1. The summed E-state index contributed by atoms with van der Waals surface area (Å²) in [7, 11) is 1.86. The number of hydrazone groups is 1. The molecule has 0 radical (unpaired) electrons. The number of nitrogens with zero attached hydrogens (tertiary/aromatic N) is 3. The maximum atomic E-state index is 12.9. The molecule has 3 rings (SSSR count). The second-order valence-electron chi connectivity index (χ2n) is 5.69. The number of carbonyl (C=O) groups is 2. The highest BCUT2D eigenvalue weighted by Crippen LogP contribution is 2.24. The van der Waals surface area contributed by atoms with Crippen molar-refractivity contribution in [3.63, 3.8) is 0 Å². The smallest absolute Gasteiger partial charge is 0.341 e. The van der Waals surface area contributed by atoms with Crippen molar-refractivity contribution in [2.24, 2.45) is 11.0 Å². The number of aliphatic carboxylic acids is 1. The second-order valence-corrected chi connectivity index (χ2v) is 5.69. The van der Waals surface area contributed by atoms with Gasteiger partial charge in [-0.3, -0.25) is 4.79 Å². The molecule has 1 aromatic carbocycles. The van der Waals surface area contributed by atoms with Crippen LogP contribution < -0.4 is 15.2 Å². The van der Waals surface area contributed by atoms with Crippen molar-refractivity contribution in [1.29, 1.82) is 0 Å². The number of anilines is 1. The Morgan fingerprint density at radius 3 is 2.88 bits per heavy atom. The number of ether oxygens (including phenoxy) is 1. The highest BCUT2D eigenvalue weighted by Gasteiger charge is 2.28. The second kappa shape index (κ2) is 7.17. The van der Waals surface area contributed by atoms with Crippen LogP contribution in [0.2, 0.25) is 0 Å². The van der Waals surface area contributed by atoms with Gasteiger partial charge >= 0.3 is 5.97 Å². The molecule has 25 heavy (non-hydrogen) atoms. The number of rotatable bonds is 6. The summed E-state index contributed by atoms with van der Waals surface area (Å²) < 4.78 is 5.25. The molecule has 0 aliphatic carbocycles. The highest BCUT2D eigenvalue weighted by molar-refractivity contribution is 6.33. The minimum absolute atomic E-state index is 0.161. The van der Waals surface area contributed by atoms with E-state index in [4.69, 9.17) is 9.84 Å². The van der Waals surface area contributed by atoms with Gasteiger partial charge in [0.1, 0.15) is 19.4 Å². The van der Waals surface area contributed by atoms with Gasteiger partial charge in [0, 0.05) is 12.4 Å². The molecule has 7 nitrogen and oxygen atoms in total. The number of aromatic nitrogens is 1. The van der Waals surface area contributed by atoms with E-state index in [-0.39, 0.29) is 11.5 Å². The molecule has 8 heteroatoms. The molecule has 2 heterocycles. The fourth-order valence-corrected chi connectivity index (χ4v) is 2.55. The first-order chi connectivity index (χ1) is 12.0. The molecular formula is C17H16BN3O4. The third-order valence-electron chi connectivity index (χ3n) is 3.76. The largest absolute Gasteiger partial charge is 0.481 e. The molecule has 0 amide bonds. The Bertz CT molecular complexity index is 826. The van der Waals surface area contributed by atoms with Crippen molar-refractivity contribution in [1.82, 2.24) is 4.98 Å². The molecular weight excluding hydrogens is 321 g/mol. The summed E-state index contributed by atoms with van der Waals surface area (Å²) in [5.74, 6) is -0.770. The Kier molecular flexibility index (Phi) is 4.79. The Morgan fingerprint density at radius 2 is 2.16 bits per heavy atom. The lowest BCUT2D eigenvalue weighted by molar-refractivity contribution is -0.139. The van der Waals surface area contributed by atoms with Gasteiger partial charge in [0.15, 0.2) is 12.4 Å². The Labute approximate surface area is 145 Å². The maximum absolute atomic E-state index is 12.9. The predicted molar refractivity (Wildman–Crippen MR) is 95.6 cm³/mol. The van der Waals surface area contributed by atoms with E-state index in [1.54, 1.807) is 35.6 Å². The number of carboxylic acid groups (broad SMARTS) is 1. The number of carbonyl (C=O) groups excluding carboxylic acids is 1. The fraction of sp³-hybridized carbons (Fsp3) is 0.176. The number of carboxylic acids is 1. The zero-order valence-corrected chi connectivity index (χ0v) is 13.6. The molecule has 0 saturated heterocycles. The van der Waals surface area contributed by atoms with Crippen LogP contribution in [0.3, 0.4) is 0 Å². The lowest BCUT2D eigenvalue weighted by atomic mass is 9.90. The van der Waals surface area contributed by atoms with Crippen LogP contribution in [-0.2, 0) is 4.79 Å². The molecule has 0 bridgehead atoms. The van der Waals surface area contributed by atoms with E-state index < -0.39 is 18.5 Å². The standard InChI is InChI=1S/C17H16BN3O4/c18-12-4-5-14(25-10-16(22)23)13(7-12)17(24)11-8-20-21(9-11)15-3-1-2-6-19-15/h1-8,11H,9-10,18H2,(H,22,23). The van der Waals surface area contributed by atoms with E-state index in [0.717, 1.165) is 5.46 Å². The Morgan fingerprint density at radius 1 is 1.32 bits per heavy atom. The van der Waals surface area contributed by atoms with Gasteiger partial charge in [-0.25, -0.2) is 14.8 Å². The van der Waals surface area contributed by atoms with Gasteiger partial charge in [0.25, 0.3) is 0 Å². The summed E-state index contributed by atoms with van der Waals surface area (Å²) in [6.07, 6.45) is 3.25. The number of hydrogen-bond donors (Lipinski definition) is 1. The normalized spacial score (nSPS) is 16.0. The van der Waals surface area contributed by atoms with Crippen LogP contribution in [0.1, 0.15) is 10.4 Å². The van der Waals surface area contributed by atoms with E-state index in [9.17, 15) is 9.59 Å². The molecule has 1 aromatic heterocycles. The summed E-state index contributed by atoms with van der Waals surface area (Å²) in [6.45, 7) is -0.121. The van der Waals surface area contributed by atoms with Crippen LogP contribution >= 0.6 is 0 Å². The summed E-state index contributed by atoms with van der Waals surface area (Å²) in [5.41, 5.74) is 1.25. The third-order valence-corrected chi connectivity index (χ3v) is 3.76. The molecule has 1 aliphatic heterocycles. The Hall–Kier alpha value is -3.16. The maximum Gasteiger partial charge on any atom is 0.341 e. The molecule has 126 valence electrons. The predicted octanol–water partition coefficient (Wildman–Crippen LogP) is 0.108. The first-order valence-corrected chi connectivity index (χ1v) is 7.77. The number of Topliss-reactive ketones (excluding diaryl/α,β-unsaturated/α-hetero) is 1. The highest BCUT2D eigenvalue weighted by atomic mass is 16.5. The van der Waals surface area contributed by atoms with E-state index in [1.807, 2.05) is 26.0 Å². The van der Waals surface area contributed by atoms with Crippen molar-refractivity contribution in [3.8, 4) is 5.75 Å². The molecule has 0 fully saturated rings. The molecule has 1 atom stereocenters. The van der Waals surface area contributed by atoms with Crippen molar-refractivity contribution in [2.45, 2.75) is 0 Å². The van der Waals surface area contributed by atoms with Crippen LogP contribution in [0.5, 0.6) is 5.75 Å². The van der Waals surface area contributed by atoms with E-state index in [1.165, 1.54) is 0 Å². The third kappa shape index (κ3) is 3.85. The quantitative estimate of drug-likeness (QED) is 0.594. The van der Waals surface area contributed by atoms with Crippen LogP contribution in [-0.4, -0.2) is 49.1 Å². The van der Waals surface area contributed by atoms with Crippen LogP contribution in [0, 0.1) is 5.92 Å². The molecule has 1 N–H and O–H groups in total. The van der Waals surface area contributed by atoms with Crippen LogP contribution in [0.25, 0.3) is 0 Å². The molecule has 0 spiro atoms. The average Bonchev–Trinajstić information content (AvgIpc) is 3.11. The van der Waals surface area contributed by atoms with Crippen molar-refractivity contribution in [2.75, 3.05) is 18.2 Å². The lowest BCUT2D eigenvalue weighted by Crippen LogP contribution is -2.26. The number of benzene rings is 1. The topological polar surface area (TPSA) is 92.1 Å². The summed E-state index contributed by atoms with van der Waals surface area (Å²) >= 11 is 0. The lowest BCUT2D eigenvalue weighted by Gasteiger charge is -2.15. The summed E-state index contributed by atoms with van der Waals surface area (Å²) in [4.78, 5) is 27.8. The van der Waals surface area contributed by atoms with E-state index in [0.29, 0.717) is 17.9 Å². The minimum atomic E-state index is -1.09. The minimum Gasteiger partial charge on any atom is -0.481 e. The van der Waals surface area contributed by atoms with Crippen LogP contribution in [0.15, 0.2) is 47.7 Å². The Balaban J connectivity index is 1.78. The van der Waals surface area contributed by atoms with Gasteiger partial charge in [0.05, 0.1) is 18.0 Å². The van der Waals surface area contributed by atoms with Crippen molar-refractivity contribution < 1.29 is 19.4 Å². The first kappa shape index (κ1) is 16.7. The monoisotopic (exact) mass is 337 g/mol. The average molecular weight is 337 g/mol. The number of pyridine rings is 1. The molecule has 1 aliphatic rings. The van der Waals surface area contributed by atoms with E-state index >= 15 is 0 Å². The van der Waals surface area contributed by atoms with Gasteiger partial charge < -0.3 is 9.84 Å². The molecule has 2 aromatic rings. The zero-order chi connectivity index (χ0) is 17.8. The first-order valence-electron chi connectivity index (χ1n) is 7.77. The van der Waals surface area contributed by atoms with Gasteiger partial charge in [-0.05, 0) is 18.2 Å². The van der Waals surface area contributed by atoms with Gasteiger partial charge in [-0.15, -0.1) is 0 Å². The fourth-order valence-electron chi connectivity index (χ4n) is 2.55. The van der Waals surface area contributed by atoms with Gasteiger partial charge in [0.2, 0.25) is 0 Å². The summed E-state index contributed by atoms with van der Waals surface area (Å²) in [5, 5.41) is 14.7.